The number of benzene rings is 2. The lowest BCUT2D eigenvalue weighted by Crippen LogP contribution is -3.28. The molecule has 1 saturated heterocycles. The van der Waals surface area contributed by atoms with Crippen LogP contribution in [0.4, 0.5) is 0 Å². The number of carbonyl (C=O) groups excluding carboxylic acids is 1. The van der Waals surface area contributed by atoms with E-state index in [0.29, 0.717) is 6.54 Å². The Balaban J connectivity index is 1.40. The number of piperazine rings is 1. The minimum Gasteiger partial charge on any atom is -0.497 e. The Labute approximate surface area is 174 Å². The number of quaternary nitrogens is 2. The third kappa shape index (κ3) is 6.31. The van der Waals surface area contributed by atoms with Crippen molar-refractivity contribution in [3.05, 3.63) is 65.2 Å². The summed E-state index contributed by atoms with van der Waals surface area (Å²) in [5.41, 5.74) is 3.83. The molecule has 0 radical (unpaired) electrons. The molecule has 1 heterocycles. The normalized spacial score (nSPS) is 20.1. The van der Waals surface area contributed by atoms with Gasteiger partial charge >= 0.3 is 0 Å². The molecule has 3 N–H and O–H groups in total. The van der Waals surface area contributed by atoms with Crippen molar-refractivity contribution in [1.82, 2.24) is 5.32 Å². The molecular weight excluding hydrogens is 362 g/mol. The van der Waals surface area contributed by atoms with Gasteiger partial charge in [-0.05, 0) is 48.7 Å². The summed E-state index contributed by atoms with van der Waals surface area (Å²) in [6, 6.07) is 16.9. The summed E-state index contributed by atoms with van der Waals surface area (Å²) >= 11 is 0. The fourth-order valence-corrected chi connectivity index (χ4v) is 3.99. The van der Waals surface area contributed by atoms with E-state index in [-0.39, 0.29) is 11.9 Å². The average Bonchev–Trinajstić information content (AvgIpc) is 2.75. The number of methoxy groups -OCH3 is 1. The van der Waals surface area contributed by atoms with Gasteiger partial charge in [0, 0.05) is 5.56 Å². The molecule has 2 aromatic carbocycles. The van der Waals surface area contributed by atoms with Crippen LogP contribution in [0.3, 0.4) is 0 Å². The Morgan fingerprint density at radius 3 is 2.14 bits per heavy atom. The molecule has 5 nitrogen and oxygen atoms in total. The lowest BCUT2D eigenvalue weighted by Gasteiger charge is -2.29. The molecule has 1 aliphatic rings. The van der Waals surface area contributed by atoms with Crippen molar-refractivity contribution in [2.24, 2.45) is 0 Å². The van der Waals surface area contributed by atoms with Crippen LogP contribution in [0.25, 0.3) is 0 Å². The quantitative estimate of drug-likeness (QED) is 0.605. The Hall–Kier alpha value is -2.37. The molecule has 5 heteroatoms. The summed E-state index contributed by atoms with van der Waals surface area (Å²) in [7, 11) is 1.70. The summed E-state index contributed by atoms with van der Waals surface area (Å²) in [6.07, 6.45) is 1.04. The maximum atomic E-state index is 12.5. The zero-order valence-corrected chi connectivity index (χ0v) is 18.0. The van der Waals surface area contributed by atoms with Gasteiger partial charge < -0.3 is 19.9 Å². The molecule has 0 bridgehead atoms. The minimum atomic E-state index is 0.0507. The second kappa shape index (κ2) is 10.4. The Bertz CT molecular complexity index is 766. The summed E-state index contributed by atoms with van der Waals surface area (Å²) in [6.45, 7) is 10.1. The number of hydrogen-bond donors (Lipinski definition) is 3. The van der Waals surface area contributed by atoms with E-state index in [1.165, 1.54) is 21.6 Å². The molecule has 0 aromatic heterocycles. The van der Waals surface area contributed by atoms with Crippen LogP contribution < -0.4 is 19.9 Å². The molecule has 1 amide bonds. The lowest BCUT2D eigenvalue weighted by molar-refractivity contribution is -1.02. The first kappa shape index (κ1) is 21.3. The van der Waals surface area contributed by atoms with E-state index >= 15 is 0 Å². The zero-order chi connectivity index (χ0) is 20.6. The average molecular weight is 398 g/mol. The van der Waals surface area contributed by atoms with E-state index < -0.39 is 0 Å². The highest BCUT2D eigenvalue weighted by Crippen LogP contribution is 2.13. The number of nitrogens with one attached hydrogen (secondary N) is 3. The number of aryl methyl sites for hydroxylation is 1. The Kier molecular flexibility index (Phi) is 7.67. The molecule has 3 rings (SSSR count). The van der Waals surface area contributed by atoms with Gasteiger partial charge in [0.25, 0.3) is 5.91 Å². The maximum absolute atomic E-state index is 12.5. The van der Waals surface area contributed by atoms with Gasteiger partial charge in [-0.3, -0.25) is 4.79 Å². The van der Waals surface area contributed by atoms with Gasteiger partial charge in [0.2, 0.25) is 0 Å². The SMILES string of the molecule is CCc1ccc([C@H](C)NC(=O)C[NH+]2CC[NH+](Cc3ccc(OC)cc3)CC2)cc1. The van der Waals surface area contributed by atoms with Gasteiger partial charge in [-0.25, -0.2) is 0 Å². The van der Waals surface area contributed by atoms with E-state index in [0.717, 1.165) is 44.9 Å². The fourth-order valence-electron chi connectivity index (χ4n) is 3.99. The number of hydrogen-bond acceptors (Lipinski definition) is 2. The van der Waals surface area contributed by atoms with Gasteiger partial charge in [-0.15, -0.1) is 0 Å². The second-order valence-electron chi connectivity index (χ2n) is 8.09. The molecule has 0 spiro atoms. The summed E-state index contributed by atoms with van der Waals surface area (Å²) in [4.78, 5) is 15.5. The first-order chi connectivity index (χ1) is 14.1. The van der Waals surface area contributed by atoms with Crippen molar-refractivity contribution in [2.75, 3.05) is 39.8 Å². The number of ether oxygens (including phenoxy) is 1. The Morgan fingerprint density at radius 1 is 0.966 bits per heavy atom. The van der Waals surface area contributed by atoms with Crippen LogP contribution in [0.1, 0.15) is 36.6 Å². The van der Waals surface area contributed by atoms with Crippen LogP contribution in [0, 0.1) is 0 Å². The second-order valence-corrected chi connectivity index (χ2v) is 8.09. The van der Waals surface area contributed by atoms with E-state index in [1.807, 2.05) is 12.1 Å². The molecule has 2 aromatic rings. The summed E-state index contributed by atoms with van der Waals surface area (Å²) < 4.78 is 5.23. The first-order valence-electron chi connectivity index (χ1n) is 10.8. The van der Waals surface area contributed by atoms with E-state index in [1.54, 1.807) is 12.0 Å². The number of rotatable bonds is 8. The monoisotopic (exact) mass is 397 g/mol. The molecule has 1 atom stereocenters. The van der Waals surface area contributed by atoms with Crippen LogP contribution in [0.15, 0.2) is 48.5 Å². The third-order valence-corrected chi connectivity index (χ3v) is 5.95. The number of carbonyl (C=O) groups is 1. The van der Waals surface area contributed by atoms with Crippen molar-refractivity contribution < 1.29 is 19.3 Å². The van der Waals surface area contributed by atoms with Crippen molar-refractivity contribution in [3.63, 3.8) is 0 Å². The largest absolute Gasteiger partial charge is 0.497 e. The third-order valence-electron chi connectivity index (χ3n) is 5.95. The predicted octanol–water partition coefficient (Wildman–Crippen LogP) is 0.418. The van der Waals surface area contributed by atoms with Crippen LogP contribution in [-0.4, -0.2) is 45.7 Å². The predicted molar refractivity (Wildman–Crippen MR) is 115 cm³/mol. The van der Waals surface area contributed by atoms with Gasteiger partial charge in [0.1, 0.15) is 38.5 Å². The highest BCUT2D eigenvalue weighted by atomic mass is 16.5. The van der Waals surface area contributed by atoms with Crippen LogP contribution in [-0.2, 0) is 17.8 Å². The van der Waals surface area contributed by atoms with Crippen molar-refractivity contribution in [1.29, 1.82) is 0 Å². The topological polar surface area (TPSA) is 47.2 Å². The molecule has 1 fully saturated rings. The van der Waals surface area contributed by atoms with E-state index in [2.05, 4.69) is 55.6 Å². The Morgan fingerprint density at radius 2 is 1.55 bits per heavy atom. The first-order valence-corrected chi connectivity index (χ1v) is 10.8. The minimum absolute atomic E-state index is 0.0507. The molecule has 29 heavy (non-hydrogen) atoms. The molecule has 1 aliphatic heterocycles. The van der Waals surface area contributed by atoms with Gasteiger partial charge in [0.15, 0.2) is 6.54 Å². The van der Waals surface area contributed by atoms with Crippen LogP contribution in [0.5, 0.6) is 5.75 Å². The molecule has 0 unspecified atom stereocenters. The molecule has 0 saturated carbocycles. The highest BCUT2D eigenvalue weighted by molar-refractivity contribution is 5.77. The maximum Gasteiger partial charge on any atom is 0.275 e. The van der Waals surface area contributed by atoms with Gasteiger partial charge in [-0.2, -0.15) is 0 Å². The van der Waals surface area contributed by atoms with E-state index in [4.69, 9.17) is 4.74 Å². The fraction of sp³-hybridized carbons (Fsp3) is 0.458. The van der Waals surface area contributed by atoms with Gasteiger partial charge in [-0.1, -0.05) is 31.2 Å². The zero-order valence-electron chi connectivity index (χ0n) is 18.0. The highest BCUT2D eigenvalue weighted by Gasteiger charge is 2.25. The van der Waals surface area contributed by atoms with Crippen LogP contribution >= 0.6 is 0 Å². The standard InChI is InChI=1S/C24H33N3O2/c1-4-20-5-9-22(10-6-20)19(2)25-24(28)18-27-15-13-26(14-16-27)17-21-7-11-23(29-3)12-8-21/h5-12,19H,4,13-18H2,1-3H3,(H,25,28)/p+2/t19-/m0/s1. The molecule has 156 valence electrons. The molecular formula is C24H35N3O2+2. The van der Waals surface area contributed by atoms with Crippen molar-refractivity contribution >= 4 is 5.91 Å². The van der Waals surface area contributed by atoms with Gasteiger partial charge in [0.05, 0.1) is 13.2 Å². The van der Waals surface area contributed by atoms with Crippen molar-refractivity contribution in [3.8, 4) is 5.75 Å². The molecule has 0 aliphatic carbocycles. The van der Waals surface area contributed by atoms with Crippen molar-refractivity contribution in [2.45, 2.75) is 32.9 Å². The van der Waals surface area contributed by atoms with E-state index in [9.17, 15) is 4.79 Å². The van der Waals surface area contributed by atoms with Crippen LogP contribution in [0.2, 0.25) is 0 Å². The smallest absolute Gasteiger partial charge is 0.275 e. The number of amides is 1. The lowest BCUT2D eigenvalue weighted by atomic mass is 10.1. The summed E-state index contributed by atoms with van der Waals surface area (Å²) in [5.74, 6) is 1.05. The summed E-state index contributed by atoms with van der Waals surface area (Å²) in [5, 5.41) is 3.16.